The average Bonchev–Trinajstić information content (AvgIpc) is 2.37. The molecule has 4 nitrogen and oxygen atoms in total. The molecule has 0 saturated carbocycles. The first-order chi connectivity index (χ1) is 8.22. The molecule has 0 fully saturated rings. The smallest absolute Gasteiger partial charge is 0.428 e. The van der Waals surface area contributed by atoms with Gasteiger partial charge in [0.25, 0.3) is 0 Å². The zero-order chi connectivity index (χ0) is 12.5. The summed E-state index contributed by atoms with van der Waals surface area (Å²) < 4.78 is 4.90. The highest BCUT2D eigenvalue weighted by atomic mass is 16.6. The Balaban J connectivity index is 2.31. The summed E-state index contributed by atoms with van der Waals surface area (Å²) in [6.07, 6.45) is 2.89. The quantitative estimate of drug-likeness (QED) is 0.493. The van der Waals surface area contributed by atoms with Gasteiger partial charge in [-0.25, -0.2) is 10.2 Å². The van der Waals surface area contributed by atoms with Gasteiger partial charge in [-0.15, -0.1) is 0 Å². The van der Waals surface area contributed by atoms with E-state index in [-0.39, 0.29) is 6.61 Å². The molecule has 4 heteroatoms. The fourth-order valence-corrected chi connectivity index (χ4v) is 0.994. The highest BCUT2D eigenvalue weighted by Crippen LogP contribution is 1.94. The van der Waals surface area contributed by atoms with Crippen molar-refractivity contribution in [2.75, 3.05) is 6.61 Å². The van der Waals surface area contributed by atoms with E-state index in [9.17, 15) is 4.79 Å². The average molecular weight is 232 g/mol. The minimum absolute atomic E-state index is 0.281. The third-order valence-corrected chi connectivity index (χ3v) is 2.09. The molecule has 0 saturated heterocycles. The summed E-state index contributed by atoms with van der Waals surface area (Å²) in [7, 11) is 0. The largest absolute Gasteiger partial charge is 0.444 e. The fraction of sp³-hybridized carbons (Fsp3) is 0.231. The Kier molecular flexibility index (Phi) is 5.51. The Bertz CT molecular complexity index is 411. The maximum atomic E-state index is 11.2. The molecule has 17 heavy (non-hydrogen) atoms. The number of nitrogens with one attached hydrogen (secondary N) is 1. The van der Waals surface area contributed by atoms with E-state index in [4.69, 9.17) is 4.74 Å². The second-order valence-electron chi connectivity index (χ2n) is 3.49. The number of hydrogen-bond donors (Lipinski definition) is 1. The lowest BCUT2D eigenvalue weighted by Crippen LogP contribution is -2.19. The van der Waals surface area contributed by atoms with Crippen LogP contribution in [0.5, 0.6) is 0 Å². The van der Waals surface area contributed by atoms with Crippen molar-refractivity contribution in [2.24, 2.45) is 5.10 Å². The van der Waals surface area contributed by atoms with Crippen LogP contribution in [-0.4, -0.2) is 18.9 Å². The molecular weight excluding hydrogens is 216 g/mol. The molecule has 1 aromatic carbocycles. The molecule has 90 valence electrons. The highest BCUT2D eigenvalue weighted by Gasteiger charge is 1.98. The van der Waals surface area contributed by atoms with Gasteiger partial charge < -0.3 is 4.74 Å². The number of ether oxygens (including phenoxy) is 1. The van der Waals surface area contributed by atoms with Gasteiger partial charge in [0.2, 0.25) is 0 Å². The lowest BCUT2D eigenvalue weighted by atomic mass is 10.2. The Morgan fingerprint density at radius 1 is 1.41 bits per heavy atom. The summed E-state index contributed by atoms with van der Waals surface area (Å²) in [6, 6.07) is 9.49. The van der Waals surface area contributed by atoms with Gasteiger partial charge in [0, 0.05) is 0 Å². The van der Waals surface area contributed by atoms with Gasteiger partial charge in [0.1, 0.15) is 6.61 Å². The van der Waals surface area contributed by atoms with Gasteiger partial charge in [-0.3, -0.25) is 0 Å². The monoisotopic (exact) mass is 232 g/mol. The molecule has 0 bridgehead atoms. The molecular formula is C13H16N2O2. The van der Waals surface area contributed by atoms with Gasteiger partial charge in [0.05, 0.1) is 6.21 Å². The lowest BCUT2D eigenvalue weighted by Gasteiger charge is -2.02. The molecule has 0 spiro atoms. The summed E-state index contributed by atoms with van der Waals surface area (Å²) in [5.41, 5.74) is 4.20. The highest BCUT2D eigenvalue weighted by molar-refractivity contribution is 5.80. The Morgan fingerprint density at radius 2 is 2.12 bits per heavy atom. The van der Waals surface area contributed by atoms with Gasteiger partial charge in [-0.2, -0.15) is 5.10 Å². The van der Waals surface area contributed by atoms with Gasteiger partial charge >= 0.3 is 6.09 Å². The number of allylic oxidation sites excluding steroid dienone is 1. The number of benzene rings is 1. The van der Waals surface area contributed by atoms with Crippen LogP contribution in [0.15, 0.2) is 47.1 Å². The number of carbonyl (C=O) groups is 1. The summed E-state index contributed by atoms with van der Waals surface area (Å²) in [6.45, 7) is 4.06. The minimum Gasteiger partial charge on any atom is -0.444 e. The van der Waals surface area contributed by atoms with Crippen molar-refractivity contribution in [2.45, 2.75) is 13.8 Å². The summed E-state index contributed by atoms with van der Waals surface area (Å²) in [4.78, 5) is 11.2. The van der Waals surface area contributed by atoms with Crippen LogP contribution >= 0.6 is 0 Å². The van der Waals surface area contributed by atoms with Crippen molar-refractivity contribution in [1.29, 1.82) is 0 Å². The summed E-state index contributed by atoms with van der Waals surface area (Å²) in [5, 5.41) is 3.78. The van der Waals surface area contributed by atoms with Crippen molar-refractivity contribution in [3.63, 3.8) is 0 Å². The molecule has 1 N–H and O–H groups in total. The van der Waals surface area contributed by atoms with Crippen LogP contribution in [0.3, 0.4) is 0 Å². The van der Waals surface area contributed by atoms with Crippen molar-refractivity contribution >= 4 is 12.3 Å². The SMILES string of the molecule is C/C=C(\C)COC(=O)N/N=C/c1ccccc1. The molecule has 0 heterocycles. The molecule has 0 unspecified atom stereocenters. The second-order valence-corrected chi connectivity index (χ2v) is 3.49. The predicted octanol–water partition coefficient (Wildman–Crippen LogP) is 2.71. The Labute approximate surface area is 101 Å². The van der Waals surface area contributed by atoms with Crippen LogP contribution in [0.2, 0.25) is 0 Å². The summed E-state index contributed by atoms with van der Waals surface area (Å²) in [5.74, 6) is 0. The van der Waals surface area contributed by atoms with E-state index in [1.54, 1.807) is 6.21 Å². The van der Waals surface area contributed by atoms with Crippen LogP contribution in [0.25, 0.3) is 0 Å². The molecule has 0 aliphatic carbocycles. The number of carbonyl (C=O) groups excluding carboxylic acids is 1. The van der Waals surface area contributed by atoms with E-state index in [0.717, 1.165) is 11.1 Å². The number of amides is 1. The van der Waals surface area contributed by atoms with E-state index in [1.807, 2.05) is 50.3 Å². The zero-order valence-corrected chi connectivity index (χ0v) is 10.0. The van der Waals surface area contributed by atoms with Crippen LogP contribution in [0.1, 0.15) is 19.4 Å². The number of hydrogen-bond acceptors (Lipinski definition) is 3. The normalized spacial score (nSPS) is 11.5. The molecule has 0 atom stereocenters. The van der Waals surface area contributed by atoms with Gasteiger partial charge in [0.15, 0.2) is 0 Å². The van der Waals surface area contributed by atoms with Crippen molar-refractivity contribution in [3.05, 3.63) is 47.5 Å². The van der Waals surface area contributed by atoms with Gasteiger partial charge in [-0.1, -0.05) is 36.4 Å². The Morgan fingerprint density at radius 3 is 2.76 bits per heavy atom. The van der Waals surface area contributed by atoms with Crippen LogP contribution in [0, 0.1) is 0 Å². The maximum absolute atomic E-state index is 11.2. The molecule has 1 amide bonds. The minimum atomic E-state index is -0.557. The van der Waals surface area contributed by atoms with E-state index in [1.165, 1.54) is 0 Å². The van der Waals surface area contributed by atoms with Gasteiger partial charge in [-0.05, 0) is 25.0 Å². The second kappa shape index (κ2) is 7.22. The Hall–Kier alpha value is -2.10. The number of hydrazone groups is 1. The number of rotatable bonds is 4. The standard InChI is InChI=1S/C13H16N2O2/c1-3-11(2)10-17-13(16)15-14-9-12-7-5-4-6-8-12/h3-9H,10H2,1-2H3,(H,15,16)/b11-3+,14-9+. The fourth-order valence-electron chi connectivity index (χ4n) is 0.994. The van der Waals surface area contributed by atoms with E-state index in [0.29, 0.717) is 0 Å². The molecule has 0 aliphatic rings. The van der Waals surface area contributed by atoms with E-state index in [2.05, 4.69) is 10.5 Å². The molecule has 0 aromatic heterocycles. The predicted molar refractivity (Wildman–Crippen MR) is 68.0 cm³/mol. The first kappa shape index (κ1) is 13.0. The maximum Gasteiger partial charge on any atom is 0.428 e. The zero-order valence-electron chi connectivity index (χ0n) is 10.0. The number of nitrogens with zero attached hydrogens (tertiary/aromatic N) is 1. The first-order valence-electron chi connectivity index (χ1n) is 5.35. The third kappa shape index (κ3) is 5.51. The third-order valence-electron chi connectivity index (χ3n) is 2.09. The summed E-state index contributed by atoms with van der Waals surface area (Å²) >= 11 is 0. The van der Waals surface area contributed by atoms with Crippen molar-refractivity contribution in [3.8, 4) is 0 Å². The van der Waals surface area contributed by atoms with Crippen LogP contribution in [-0.2, 0) is 4.74 Å². The topological polar surface area (TPSA) is 50.7 Å². The first-order valence-corrected chi connectivity index (χ1v) is 5.35. The van der Waals surface area contributed by atoms with Crippen LogP contribution < -0.4 is 5.43 Å². The molecule has 1 rings (SSSR count). The van der Waals surface area contributed by atoms with Crippen LogP contribution in [0.4, 0.5) is 4.79 Å². The van der Waals surface area contributed by atoms with Crippen molar-refractivity contribution in [1.82, 2.24) is 5.43 Å². The molecule has 0 radical (unpaired) electrons. The molecule has 1 aromatic rings. The molecule has 0 aliphatic heterocycles. The lowest BCUT2D eigenvalue weighted by molar-refractivity contribution is 0.156. The van der Waals surface area contributed by atoms with E-state index >= 15 is 0 Å². The van der Waals surface area contributed by atoms with E-state index < -0.39 is 6.09 Å². The van der Waals surface area contributed by atoms with Crippen molar-refractivity contribution < 1.29 is 9.53 Å².